The number of carbonyl (C=O) groups is 1. The largest absolute Gasteiger partial charge is 0.370 e. The van der Waals surface area contributed by atoms with E-state index in [2.05, 4.69) is 5.16 Å². The Kier molecular flexibility index (Phi) is 4.73. The molecule has 0 aliphatic carbocycles. The van der Waals surface area contributed by atoms with Crippen LogP contribution in [0.15, 0.2) is 59.1 Å². The van der Waals surface area contributed by atoms with Crippen molar-refractivity contribution in [1.82, 2.24) is 10.1 Å². The van der Waals surface area contributed by atoms with Gasteiger partial charge < -0.3 is 14.2 Å². The molecule has 0 N–H and O–H groups in total. The molecule has 1 amide bonds. The molecule has 5 nitrogen and oxygen atoms in total. The fourth-order valence-corrected chi connectivity index (χ4v) is 3.29. The van der Waals surface area contributed by atoms with E-state index in [1.54, 1.807) is 24.0 Å². The molecule has 0 radical (unpaired) electrons. The third kappa shape index (κ3) is 3.48. The fourth-order valence-electron chi connectivity index (χ4n) is 3.29. The SMILES string of the molecule is Cc1onc(-c2ccccc2)c1C(=O)N1CCOC(c2ccc(F)cc2)C1. The quantitative estimate of drug-likeness (QED) is 0.703. The summed E-state index contributed by atoms with van der Waals surface area (Å²) in [4.78, 5) is 15.0. The molecule has 2 heterocycles. The number of morpholine rings is 1. The Hall–Kier alpha value is -2.99. The summed E-state index contributed by atoms with van der Waals surface area (Å²) in [5, 5.41) is 4.09. The smallest absolute Gasteiger partial charge is 0.259 e. The van der Waals surface area contributed by atoms with Gasteiger partial charge in [-0.05, 0) is 24.6 Å². The Balaban J connectivity index is 1.60. The van der Waals surface area contributed by atoms with Crippen LogP contribution in [0.1, 0.15) is 27.8 Å². The van der Waals surface area contributed by atoms with Crippen molar-refractivity contribution in [3.05, 3.63) is 77.3 Å². The Morgan fingerprint density at radius 1 is 1.15 bits per heavy atom. The molecule has 6 heteroatoms. The van der Waals surface area contributed by atoms with Crippen molar-refractivity contribution >= 4 is 5.91 Å². The first-order chi connectivity index (χ1) is 13.1. The van der Waals surface area contributed by atoms with Crippen molar-refractivity contribution < 1.29 is 18.4 Å². The van der Waals surface area contributed by atoms with Crippen LogP contribution >= 0.6 is 0 Å². The van der Waals surface area contributed by atoms with Gasteiger partial charge in [-0.2, -0.15) is 0 Å². The maximum atomic E-state index is 13.2. The molecule has 1 atom stereocenters. The first-order valence-corrected chi connectivity index (χ1v) is 8.81. The van der Waals surface area contributed by atoms with Crippen LogP contribution in [-0.2, 0) is 4.74 Å². The van der Waals surface area contributed by atoms with Gasteiger partial charge in [-0.1, -0.05) is 47.6 Å². The maximum absolute atomic E-state index is 13.2. The number of nitrogens with zero attached hydrogens (tertiary/aromatic N) is 2. The van der Waals surface area contributed by atoms with Gasteiger partial charge in [0.1, 0.15) is 28.9 Å². The Bertz CT molecular complexity index is 938. The van der Waals surface area contributed by atoms with E-state index in [9.17, 15) is 9.18 Å². The van der Waals surface area contributed by atoms with Gasteiger partial charge in [-0.3, -0.25) is 4.79 Å². The minimum absolute atomic E-state index is 0.136. The predicted molar refractivity (Wildman–Crippen MR) is 97.7 cm³/mol. The third-order valence-corrected chi connectivity index (χ3v) is 4.72. The van der Waals surface area contributed by atoms with Crippen LogP contribution in [-0.4, -0.2) is 35.7 Å². The lowest BCUT2D eigenvalue weighted by Gasteiger charge is -2.33. The van der Waals surface area contributed by atoms with Gasteiger partial charge in [0, 0.05) is 12.1 Å². The summed E-state index contributed by atoms with van der Waals surface area (Å²) in [5.74, 6) is 0.0572. The lowest BCUT2D eigenvalue weighted by molar-refractivity contribution is -0.0228. The number of amides is 1. The van der Waals surface area contributed by atoms with Gasteiger partial charge in [0.15, 0.2) is 0 Å². The summed E-state index contributed by atoms with van der Waals surface area (Å²) in [6, 6.07) is 15.7. The van der Waals surface area contributed by atoms with E-state index in [1.807, 2.05) is 30.3 Å². The number of benzene rings is 2. The van der Waals surface area contributed by atoms with Crippen LogP contribution in [0.4, 0.5) is 4.39 Å². The molecule has 0 bridgehead atoms. The molecule has 0 saturated carbocycles. The Morgan fingerprint density at radius 3 is 2.63 bits per heavy atom. The highest BCUT2D eigenvalue weighted by atomic mass is 19.1. The van der Waals surface area contributed by atoms with E-state index < -0.39 is 0 Å². The lowest BCUT2D eigenvalue weighted by Crippen LogP contribution is -2.42. The molecule has 1 fully saturated rings. The van der Waals surface area contributed by atoms with E-state index >= 15 is 0 Å². The molecule has 3 aromatic rings. The Labute approximate surface area is 156 Å². The molecule has 2 aromatic carbocycles. The zero-order chi connectivity index (χ0) is 18.8. The Morgan fingerprint density at radius 2 is 1.89 bits per heavy atom. The van der Waals surface area contributed by atoms with Gasteiger partial charge >= 0.3 is 0 Å². The molecule has 1 aromatic heterocycles. The standard InChI is InChI=1S/C21H19FN2O3/c1-14-19(20(23-27-14)16-5-3-2-4-6-16)21(25)24-11-12-26-18(13-24)15-7-9-17(22)10-8-15/h2-10,18H,11-13H2,1H3. The van der Waals surface area contributed by atoms with Gasteiger partial charge in [0.2, 0.25) is 0 Å². The minimum Gasteiger partial charge on any atom is -0.370 e. The molecule has 1 saturated heterocycles. The summed E-state index contributed by atoms with van der Waals surface area (Å²) in [5.41, 5.74) is 2.70. The monoisotopic (exact) mass is 366 g/mol. The van der Waals surface area contributed by atoms with Crippen molar-refractivity contribution in [3.63, 3.8) is 0 Å². The van der Waals surface area contributed by atoms with Crippen molar-refractivity contribution in [1.29, 1.82) is 0 Å². The summed E-state index contributed by atoms with van der Waals surface area (Å²) < 4.78 is 24.3. The topological polar surface area (TPSA) is 55.6 Å². The highest BCUT2D eigenvalue weighted by Gasteiger charge is 2.30. The van der Waals surface area contributed by atoms with Crippen molar-refractivity contribution in [2.24, 2.45) is 0 Å². The van der Waals surface area contributed by atoms with Crippen LogP contribution in [0, 0.1) is 12.7 Å². The maximum Gasteiger partial charge on any atom is 0.259 e. The summed E-state index contributed by atoms with van der Waals surface area (Å²) in [6.07, 6.45) is -0.288. The molecular weight excluding hydrogens is 347 g/mol. The number of hydrogen-bond donors (Lipinski definition) is 0. The highest BCUT2D eigenvalue weighted by Crippen LogP contribution is 2.29. The van der Waals surface area contributed by atoms with Crippen LogP contribution in [0.25, 0.3) is 11.3 Å². The zero-order valence-corrected chi connectivity index (χ0v) is 14.9. The summed E-state index contributed by atoms with van der Waals surface area (Å²) in [7, 11) is 0. The molecule has 1 aliphatic rings. The van der Waals surface area contributed by atoms with Gasteiger partial charge in [0.25, 0.3) is 5.91 Å². The molecule has 138 valence electrons. The van der Waals surface area contributed by atoms with Crippen molar-refractivity contribution in [3.8, 4) is 11.3 Å². The third-order valence-electron chi connectivity index (χ3n) is 4.72. The van der Waals surface area contributed by atoms with E-state index in [1.165, 1.54) is 12.1 Å². The van der Waals surface area contributed by atoms with E-state index in [4.69, 9.17) is 9.26 Å². The zero-order valence-electron chi connectivity index (χ0n) is 14.9. The second-order valence-electron chi connectivity index (χ2n) is 6.49. The van der Waals surface area contributed by atoms with Crippen LogP contribution in [0.2, 0.25) is 0 Å². The molecule has 1 unspecified atom stereocenters. The van der Waals surface area contributed by atoms with Crippen molar-refractivity contribution in [2.75, 3.05) is 19.7 Å². The summed E-state index contributed by atoms with van der Waals surface area (Å²) in [6.45, 7) is 3.03. The van der Waals surface area contributed by atoms with Gasteiger partial charge in [-0.15, -0.1) is 0 Å². The number of aryl methyl sites for hydroxylation is 1. The summed E-state index contributed by atoms with van der Waals surface area (Å²) >= 11 is 0. The van der Waals surface area contributed by atoms with Gasteiger partial charge in [0.05, 0.1) is 13.2 Å². The van der Waals surface area contributed by atoms with E-state index in [0.717, 1.165) is 11.1 Å². The fraction of sp³-hybridized carbons (Fsp3) is 0.238. The van der Waals surface area contributed by atoms with Crippen molar-refractivity contribution in [2.45, 2.75) is 13.0 Å². The average molecular weight is 366 g/mol. The molecule has 0 spiro atoms. The van der Waals surface area contributed by atoms with E-state index in [0.29, 0.717) is 36.7 Å². The van der Waals surface area contributed by atoms with Crippen LogP contribution in [0.5, 0.6) is 0 Å². The number of halogens is 1. The van der Waals surface area contributed by atoms with E-state index in [-0.39, 0.29) is 17.8 Å². The molecular formula is C21H19FN2O3. The first-order valence-electron chi connectivity index (χ1n) is 8.81. The lowest BCUT2D eigenvalue weighted by atomic mass is 10.0. The number of ether oxygens (including phenoxy) is 1. The first kappa shape index (κ1) is 17.4. The second kappa shape index (κ2) is 7.32. The van der Waals surface area contributed by atoms with Gasteiger partial charge in [-0.25, -0.2) is 4.39 Å². The second-order valence-corrected chi connectivity index (χ2v) is 6.49. The number of hydrogen-bond acceptors (Lipinski definition) is 4. The number of carbonyl (C=O) groups excluding carboxylic acids is 1. The number of rotatable bonds is 3. The molecule has 27 heavy (non-hydrogen) atoms. The predicted octanol–water partition coefficient (Wildman–Crippen LogP) is 4.00. The molecule has 4 rings (SSSR count). The normalized spacial score (nSPS) is 17.1. The number of aromatic nitrogens is 1. The van der Waals surface area contributed by atoms with Crippen LogP contribution in [0.3, 0.4) is 0 Å². The molecule has 1 aliphatic heterocycles. The highest BCUT2D eigenvalue weighted by molar-refractivity contribution is 6.00. The average Bonchev–Trinajstić information content (AvgIpc) is 3.10. The van der Waals surface area contributed by atoms with Crippen LogP contribution < -0.4 is 0 Å². The minimum atomic E-state index is -0.296.